The van der Waals surface area contributed by atoms with Gasteiger partial charge in [-0.3, -0.25) is 0 Å². The molecule has 0 saturated heterocycles. The van der Waals surface area contributed by atoms with Crippen molar-refractivity contribution in [3.8, 4) is 0 Å². The largest absolute Gasteiger partial charge is 0.391 e. The van der Waals surface area contributed by atoms with Gasteiger partial charge in [-0.1, -0.05) is 49.6 Å². The summed E-state index contributed by atoms with van der Waals surface area (Å²) in [4.78, 5) is 2.28. The minimum absolute atomic E-state index is 0.0228. The van der Waals surface area contributed by atoms with E-state index < -0.39 is 0 Å². The topological polar surface area (TPSA) is 23.5 Å². The zero-order chi connectivity index (χ0) is 14.4. The molecular formula is C18H29NO. The van der Waals surface area contributed by atoms with E-state index in [1.807, 2.05) is 0 Å². The number of nitrogens with zero attached hydrogens (tertiary/aromatic N) is 1. The maximum atomic E-state index is 10.7. The highest BCUT2D eigenvalue weighted by Crippen LogP contribution is 2.36. The normalized spacial score (nSPS) is 20.0. The molecule has 1 aromatic rings. The van der Waals surface area contributed by atoms with Crippen LogP contribution < -0.4 is 0 Å². The van der Waals surface area contributed by atoms with Crippen LogP contribution in [0.1, 0.15) is 50.5 Å². The Morgan fingerprint density at radius 2 is 1.75 bits per heavy atom. The van der Waals surface area contributed by atoms with Crippen LogP contribution in [0.5, 0.6) is 0 Å². The van der Waals surface area contributed by atoms with Crippen LogP contribution >= 0.6 is 0 Å². The third kappa shape index (κ3) is 3.62. The Labute approximate surface area is 123 Å². The highest BCUT2D eigenvalue weighted by molar-refractivity contribution is 5.14. The smallest absolute Gasteiger partial charge is 0.0723 e. The summed E-state index contributed by atoms with van der Waals surface area (Å²) in [6.07, 6.45) is 8.99. The summed E-state index contributed by atoms with van der Waals surface area (Å²) in [5, 5.41) is 10.7. The highest BCUT2D eigenvalue weighted by Gasteiger charge is 2.40. The first kappa shape index (κ1) is 15.5. The van der Waals surface area contributed by atoms with Crippen molar-refractivity contribution in [2.75, 3.05) is 14.1 Å². The number of rotatable bonds is 6. The van der Waals surface area contributed by atoms with Gasteiger partial charge in [-0.25, -0.2) is 0 Å². The van der Waals surface area contributed by atoms with Crippen molar-refractivity contribution in [3.05, 3.63) is 35.9 Å². The van der Waals surface area contributed by atoms with E-state index in [2.05, 4.69) is 49.3 Å². The van der Waals surface area contributed by atoms with Gasteiger partial charge in [0.15, 0.2) is 0 Å². The Hall–Kier alpha value is -0.860. The standard InChI is InChI=1S/C18H29NO/c1-19(2)18(14-7-4-8-15-18)17(20)13-9-12-16-10-5-3-6-11-16/h3,5-6,10-11,17,20H,4,7-9,12-15H2,1-2H3. The summed E-state index contributed by atoms with van der Waals surface area (Å²) in [5.74, 6) is 0. The van der Waals surface area contributed by atoms with Gasteiger partial charge in [0.2, 0.25) is 0 Å². The Kier molecular flexibility index (Phi) is 5.62. The molecule has 2 rings (SSSR count). The molecule has 1 N–H and O–H groups in total. The molecule has 2 heteroatoms. The van der Waals surface area contributed by atoms with Crippen LogP contribution in [0.25, 0.3) is 0 Å². The fourth-order valence-corrected chi connectivity index (χ4v) is 3.66. The zero-order valence-corrected chi connectivity index (χ0v) is 13.0. The third-order valence-corrected chi connectivity index (χ3v) is 5.02. The van der Waals surface area contributed by atoms with Crippen LogP contribution in [0.15, 0.2) is 30.3 Å². The van der Waals surface area contributed by atoms with E-state index in [9.17, 15) is 5.11 Å². The van der Waals surface area contributed by atoms with E-state index >= 15 is 0 Å². The van der Waals surface area contributed by atoms with Crippen LogP contribution in [0, 0.1) is 0 Å². The molecule has 0 heterocycles. The third-order valence-electron chi connectivity index (χ3n) is 5.02. The number of hydrogen-bond acceptors (Lipinski definition) is 2. The second-order valence-electron chi connectivity index (χ2n) is 6.45. The van der Waals surface area contributed by atoms with Crippen LogP contribution in [0.4, 0.5) is 0 Å². The predicted octanol–water partition coefficient (Wildman–Crippen LogP) is 3.63. The molecule has 112 valence electrons. The molecule has 0 spiro atoms. The molecule has 20 heavy (non-hydrogen) atoms. The van der Waals surface area contributed by atoms with Crippen molar-refractivity contribution < 1.29 is 5.11 Å². The Balaban J connectivity index is 1.87. The predicted molar refractivity (Wildman–Crippen MR) is 84.9 cm³/mol. The quantitative estimate of drug-likeness (QED) is 0.857. The zero-order valence-electron chi connectivity index (χ0n) is 13.0. The van der Waals surface area contributed by atoms with Gasteiger partial charge in [0.05, 0.1) is 6.10 Å². The van der Waals surface area contributed by atoms with Crippen molar-refractivity contribution in [1.29, 1.82) is 0 Å². The average Bonchev–Trinajstić information content (AvgIpc) is 2.48. The summed E-state index contributed by atoms with van der Waals surface area (Å²) >= 11 is 0. The van der Waals surface area contributed by atoms with Crippen LogP contribution in [0.3, 0.4) is 0 Å². The SMILES string of the molecule is CN(C)C1(C(O)CCCc2ccccc2)CCCCC1. The minimum Gasteiger partial charge on any atom is -0.391 e. The van der Waals surface area contributed by atoms with E-state index in [0.29, 0.717) is 0 Å². The van der Waals surface area contributed by atoms with Crippen LogP contribution in [-0.4, -0.2) is 35.7 Å². The van der Waals surface area contributed by atoms with Gasteiger partial charge in [0.25, 0.3) is 0 Å². The van der Waals surface area contributed by atoms with E-state index in [1.165, 1.54) is 24.8 Å². The van der Waals surface area contributed by atoms with Crippen molar-refractivity contribution >= 4 is 0 Å². The van der Waals surface area contributed by atoms with Crippen molar-refractivity contribution in [2.24, 2.45) is 0 Å². The molecule has 2 nitrogen and oxygen atoms in total. The Morgan fingerprint density at radius 1 is 1.10 bits per heavy atom. The monoisotopic (exact) mass is 275 g/mol. The minimum atomic E-state index is -0.193. The molecule has 1 fully saturated rings. The molecule has 1 atom stereocenters. The number of aliphatic hydroxyl groups is 1. The van der Waals surface area contributed by atoms with Crippen molar-refractivity contribution in [2.45, 2.75) is 63.0 Å². The van der Waals surface area contributed by atoms with Gasteiger partial charge in [-0.05, 0) is 51.8 Å². The molecule has 0 aromatic heterocycles. The number of likely N-dealkylation sites (N-methyl/N-ethyl adjacent to an activating group) is 1. The van der Waals surface area contributed by atoms with Crippen molar-refractivity contribution in [1.82, 2.24) is 4.90 Å². The summed E-state index contributed by atoms with van der Waals surface area (Å²) in [5.41, 5.74) is 1.40. The molecule has 1 aliphatic carbocycles. The molecule has 1 aliphatic rings. The van der Waals surface area contributed by atoms with Crippen LogP contribution in [0.2, 0.25) is 0 Å². The fraction of sp³-hybridized carbons (Fsp3) is 0.667. The second kappa shape index (κ2) is 7.24. The number of hydrogen-bond donors (Lipinski definition) is 1. The molecule has 1 unspecified atom stereocenters. The molecular weight excluding hydrogens is 246 g/mol. The van der Waals surface area contributed by atoms with Crippen molar-refractivity contribution in [3.63, 3.8) is 0 Å². The Bertz CT molecular complexity index is 382. The maximum absolute atomic E-state index is 10.7. The van der Waals surface area contributed by atoms with Gasteiger partial charge in [0, 0.05) is 5.54 Å². The van der Waals surface area contributed by atoms with E-state index in [4.69, 9.17) is 0 Å². The lowest BCUT2D eigenvalue weighted by Crippen LogP contribution is -2.54. The summed E-state index contributed by atoms with van der Waals surface area (Å²) < 4.78 is 0. The van der Waals surface area contributed by atoms with Gasteiger partial charge in [-0.2, -0.15) is 0 Å². The molecule has 0 aliphatic heterocycles. The molecule has 0 bridgehead atoms. The maximum Gasteiger partial charge on any atom is 0.0723 e. The number of aliphatic hydroxyl groups excluding tert-OH is 1. The molecule has 1 saturated carbocycles. The molecule has 1 aromatic carbocycles. The van der Waals surface area contributed by atoms with Gasteiger partial charge < -0.3 is 10.0 Å². The lowest BCUT2D eigenvalue weighted by atomic mass is 9.75. The second-order valence-corrected chi connectivity index (χ2v) is 6.45. The van der Waals surface area contributed by atoms with Gasteiger partial charge in [0.1, 0.15) is 0 Å². The highest BCUT2D eigenvalue weighted by atomic mass is 16.3. The average molecular weight is 275 g/mol. The molecule has 0 amide bonds. The van der Waals surface area contributed by atoms with E-state index in [-0.39, 0.29) is 11.6 Å². The van der Waals surface area contributed by atoms with E-state index in [1.54, 1.807) is 0 Å². The van der Waals surface area contributed by atoms with Gasteiger partial charge >= 0.3 is 0 Å². The first-order valence-electron chi connectivity index (χ1n) is 8.04. The lowest BCUT2D eigenvalue weighted by molar-refractivity contribution is -0.0363. The molecule has 0 radical (unpaired) electrons. The first-order chi connectivity index (χ1) is 9.65. The summed E-state index contributed by atoms with van der Waals surface area (Å²) in [6.45, 7) is 0. The fourth-order valence-electron chi connectivity index (χ4n) is 3.66. The van der Waals surface area contributed by atoms with Crippen LogP contribution in [-0.2, 0) is 6.42 Å². The Morgan fingerprint density at radius 3 is 2.35 bits per heavy atom. The summed E-state index contributed by atoms with van der Waals surface area (Å²) in [7, 11) is 4.26. The first-order valence-corrected chi connectivity index (χ1v) is 8.04. The van der Waals surface area contributed by atoms with E-state index in [0.717, 1.165) is 32.1 Å². The lowest BCUT2D eigenvalue weighted by Gasteiger charge is -2.46. The summed E-state index contributed by atoms with van der Waals surface area (Å²) in [6, 6.07) is 10.6. The number of benzene rings is 1. The number of aryl methyl sites for hydroxylation is 1. The van der Waals surface area contributed by atoms with Gasteiger partial charge in [-0.15, -0.1) is 0 Å².